The molecule has 2 aliphatic rings. The fraction of sp³-hybridized carbons (Fsp3) is 0.929. The average Bonchev–Trinajstić information content (AvgIpc) is 2.49. The maximum absolute atomic E-state index is 12.2. The molecule has 2 atom stereocenters. The molecule has 2 unspecified atom stereocenters. The van der Waals surface area contributed by atoms with Gasteiger partial charge in [0, 0.05) is 6.54 Å². The molecule has 0 aromatic carbocycles. The van der Waals surface area contributed by atoms with Crippen LogP contribution in [0.5, 0.6) is 0 Å². The fourth-order valence-electron chi connectivity index (χ4n) is 2.86. The summed E-state index contributed by atoms with van der Waals surface area (Å²) in [4.78, 5) is 13.4. The van der Waals surface area contributed by atoms with Crippen LogP contribution in [0.2, 0.25) is 0 Å². The summed E-state index contributed by atoms with van der Waals surface area (Å²) >= 11 is 0. The normalized spacial score (nSPS) is 37.4. The van der Waals surface area contributed by atoms with Gasteiger partial charge in [-0.15, -0.1) is 0 Å². The third kappa shape index (κ3) is 2.97. The summed E-state index contributed by atoms with van der Waals surface area (Å²) in [5, 5.41) is 0. The van der Waals surface area contributed by atoms with Gasteiger partial charge in [0.25, 0.3) is 0 Å². The molecule has 1 saturated heterocycles. The number of carbonyl (C=O) groups excluding carboxylic acids is 1. The van der Waals surface area contributed by atoms with Crippen molar-refractivity contribution in [1.82, 2.24) is 4.90 Å². The van der Waals surface area contributed by atoms with E-state index in [0.29, 0.717) is 25.9 Å². The smallest absolute Gasteiger partial charge is 0.410 e. The molecule has 4 nitrogen and oxygen atoms in total. The number of nitrogens with zero attached hydrogens (tertiary/aromatic N) is 1. The molecule has 0 aromatic heterocycles. The van der Waals surface area contributed by atoms with Gasteiger partial charge in [0.15, 0.2) is 0 Å². The third-order valence-corrected chi connectivity index (χ3v) is 3.62. The van der Waals surface area contributed by atoms with Crippen molar-refractivity contribution < 1.29 is 12.3 Å². The van der Waals surface area contributed by atoms with Crippen molar-refractivity contribution in [1.29, 1.82) is 0 Å². The standard InChI is InChI=1S/C14H26N2O2/c1-13(2,3)9-16-10-14(18-12(16)17)6-4-5-11(7-14)8-15/h11H,4-10,15H2,1-3H3/i10D2. The van der Waals surface area contributed by atoms with Crippen LogP contribution in [0.4, 0.5) is 4.79 Å². The molecule has 0 radical (unpaired) electrons. The SMILES string of the molecule is [2H]C1([2H])N(CC(C)(C)C)C(=O)OC12CCCC(CN)C2. The Bertz CT molecular complexity index is 395. The number of rotatable bonds is 2. The summed E-state index contributed by atoms with van der Waals surface area (Å²) in [5.41, 5.74) is 4.55. The molecule has 1 amide bonds. The highest BCUT2D eigenvalue weighted by Gasteiger charge is 2.48. The summed E-state index contributed by atoms with van der Waals surface area (Å²) in [6.45, 7) is 5.09. The van der Waals surface area contributed by atoms with Crippen molar-refractivity contribution in [2.24, 2.45) is 17.1 Å². The Kier molecular flexibility index (Phi) is 2.91. The van der Waals surface area contributed by atoms with Crippen LogP contribution in [-0.4, -0.2) is 36.2 Å². The highest BCUT2D eigenvalue weighted by Crippen LogP contribution is 2.40. The number of nitrogens with two attached hydrogens (primary N) is 1. The van der Waals surface area contributed by atoms with E-state index >= 15 is 0 Å². The van der Waals surface area contributed by atoms with Gasteiger partial charge < -0.3 is 15.4 Å². The number of ether oxygens (including phenoxy) is 1. The van der Waals surface area contributed by atoms with Gasteiger partial charge in [-0.25, -0.2) is 4.79 Å². The lowest BCUT2D eigenvalue weighted by atomic mass is 9.78. The second kappa shape index (κ2) is 4.72. The average molecular weight is 256 g/mol. The number of hydrogen-bond acceptors (Lipinski definition) is 3. The van der Waals surface area contributed by atoms with E-state index in [4.69, 9.17) is 13.2 Å². The number of hydrogen-bond donors (Lipinski definition) is 1. The molecule has 2 N–H and O–H groups in total. The Labute approximate surface area is 113 Å². The van der Waals surface area contributed by atoms with Gasteiger partial charge in [-0.2, -0.15) is 0 Å². The third-order valence-electron chi connectivity index (χ3n) is 3.62. The van der Waals surface area contributed by atoms with Crippen LogP contribution in [0.25, 0.3) is 0 Å². The van der Waals surface area contributed by atoms with Gasteiger partial charge in [0.05, 0.1) is 9.24 Å². The first-order chi connectivity index (χ1) is 9.11. The summed E-state index contributed by atoms with van der Waals surface area (Å²) in [7, 11) is 0. The first-order valence-electron chi connectivity index (χ1n) is 7.82. The molecule has 2 fully saturated rings. The van der Waals surface area contributed by atoms with Crippen LogP contribution >= 0.6 is 0 Å². The van der Waals surface area contributed by atoms with Crippen molar-refractivity contribution >= 4 is 6.09 Å². The molecule has 4 heteroatoms. The van der Waals surface area contributed by atoms with E-state index in [9.17, 15) is 4.79 Å². The summed E-state index contributed by atoms with van der Waals surface area (Å²) in [6, 6.07) is 0. The minimum absolute atomic E-state index is 0.167. The van der Waals surface area contributed by atoms with Crippen LogP contribution in [0.1, 0.15) is 49.2 Å². The molecule has 1 saturated carbocycles. The molecule has 1 spiro atoms. The zero-order valence-corrected chi connectivity index (χ0v) is 11.7. The van der Waals surface area contributed by atoms with Crippen molar-refractivity contribution in [3.8, 4) is 0 Å². The molecule has 1 aliphatic carbocycles. The topological polar surface area (TPSA) is 55.6 Å². The maximum Gasteiger partial charge on any atom is 0.410 e. The molecule has 1 heterocycles. The molecule has 0 aromatic rings. The van der Waals surface area contributed by atoms with Gasteiger partial charge in [0.2, 0.25) is 0 Å². The van der Waals surface area contributed by atoms with Crippen LogP contribution in [-0.2, 0) is 4.74 Å². The second-order valence-corrected chi connectivity index (χ2v) is 6.82. The van der Waals surface area contributed by atoms with E-state index in [1.165, 1.54) is 4.90 Å². The lowest BCUT2D eigenvalue weighted by Gasteiger charge is -2.35. The molecule has 104 valence electrons. The van der Waals surface area contributed by atoms with Crippen LogP contribution < -0.4 is 5.73 Å². The predicted octanol–water partition coefficient (Wildman–Crippen LogP) is 2.37. The molecule has 18 heavy (non-hydrogen) atoms. The minimum atomic E-state index is -1.76. The van der Waals surface area contributed by atoms with Crippen molar-refractivity contribution in [3.05, 3.63) is 0 Å². The van der Waals surface area contributed by atoms with Gasteiger partial charge in [0.1, 0.15) is 5.60 Å². The van der Waals surface area contributed by atoms with E-state index in [2.05, 4.69) is 0 Å². The first-order valence-corrected chi connectivity index (χ1v) is 6.82. The monoisotopic (exact) mass is 256 g/mol. The highest BCUT2D eigenvalue weighted by molar-refractivity contribution is 5.70. The van der Waals surface area contributed by atoms with Gasteiger partial charge in [-0.1, -0.05) is 20.8 Å². The zero-order valence-electron chi connectivity index (χ0n) is 13.7. The zero-order chi connectivity index (χ0) is 15.2. The summed E-state index contributed by atoms with van der Waals surface area (Å²) in [6.07, 6.45) is 2.44. The lowest BCUT2D eigenvalue weighted by Crippen LogP contribution is -2.42. The van der Waals surface area contributed by atoms with Crippen molar-refractivity contribution in [2.45, 2.75) is 52.1 Å². The Balaban J connectivity index is 2.26. The van der Waals surface area contributed by atoms with Crippen molar-refractivity contribution in [3.63, 3.8) is 0 Å². The van der Waals surface area contributed by atoms with Crippen LogP contribution in [0.3, 0.4) is 0 Å². The fourth-order valence-corrected chi connectivity index (χ4v) is 2.86. The summed E-state index contributed by atoms with van der Waals surface area (Å²) < 4.78 is 22.5. The van der Waals surface area contributed by atoms with E-state index in [1.807, 2.05) is 20.8 Å². The van der Waals surface area contributed by atoms with E-state index < -0.39 is 18.2 Å². The highest BCUT2D eigenvalue weighted by atomic mass is 16.6. The van der Waals surface area contributed by atoms with Gasteiger partial charge in [-0.3, -0.25) is 0 Å². The molecular formula is C14H26N2O2. The van der Waals surface area contributed by atoms with Gasteiger partial charge >= 0.3 is 6.09 Å². The first kappa shape index (κ1) is 11.1. The predicted molar refractivity (Wildman–Crippen MR) is 71.3 cm³/mol. The molecule has 0 bridgehead atoms. The Morgan fingerprint density at radius 1 is 1.61 bits per heavy atom. The van der Waals surface area contributed by atoms with Crippen LogP contribution in [0.15, 0.2) is 0 Å². The Morgan fingerprint density at radius 2 is 2.33 bits per heavy atom. The second-order valence-electron chi connectivity index (χ2n) is 6.82. The molecular weight excluding hydrogens is 228 g/mol. The molecule has 1 aliphatic heterocycles. The van der Waals surface area contributed by atoms with Crippen molar-refractivity contribution in [2.75, 3.05) is 19.6 Å². The van der Waals surface area contributed by atoms with Crippen LogP contribution in [0, 0.1) is 11.3 Å². The largest absolute Gasteiger partial charge is 0.441 e. The number of amides is 1. The lowest BCUT2D eigenvalue weighted by molar-refractivity contribution is 0.00845. The Hall–Kier alpha value is -0.770. The van der Waals surface area contributed by atoms with E-state index in [1.54, 1.807) is 0 Å². The minimum Gasteiger partial charge on any atom is -0.441 e. The Morgan fingerprint density at radius 3 is 2.94 bits per heavy atom. The quantitative estimate of drug-likeness (QED) is 0.825. The number of carbonyl (C=O) groups is 1. The molecule has 2 rings (SSSR count). The van der Waals surface area contributed by atoms with E-state index in [-0.39, 0.29) is 11.3 Å². The van der Waals surface area contributed by atoms with Gasteiger partial charge in [-0.05, 0) is 43.6 Å². The maximum atomic E-state index is 12.2. The summed E-state index contributed by atoms with van der Waals surface area (Å²) in [5.74, 6) is 0.237. The van der Waals surface area contributed by atoms with E-state index in [0.717, 1.165) is 12.8 Å².